The van der Waals surface area contributed by atoms with Gasteiger partial charge in [-0.15, -0.1) is 0 Å². The Morgan fingerprint density at radius 1 is 1.41 bits per heavy atom. The van der Waals surface area contributed by atoms with E-state index < -0.39 is 12.0 Å². The first kappa shape index (κ1) is 12.7. The van der Waals surface area contributed by atoms with Crippen molar-refractivity contribution in [3.63, 3.8) is 0 Å². The fourth-order valence-corrected chi connectivity index (χ4v) is 2.54. The van der Waals surface area contributed by atoms with Gasteiger partial charge in [0.1, 0.15) is 6.04 Å². The van der Waals surface area contributed by atoms with Gasteiger partial charge in [0.25, 0.3) is 0 Å². The molecule has 1 aromatic rings. The Balaban J connectivity index is 2.03. The molecule has 0 aliphatic carbocycles. The van der Waals surface area contributed by atoms with Crippen LogP contribution in [0.5, 0.6) is 0 Å². The standard InChI is InChI=1S/C12H13Cl2NO2/c13-9-3-1-2-7(11(9)14)6-8-4-5-10(15-8)12(16)17/h1-3,8,10,15H,4-6H2,(H,16,17). The molecule has 3 nitrogen and oxygen atoms in total. The van der Waals surface area contributed by atoms with E-state index in [9.17, 15) is 4.79 Å². The molecule has 17 heavy (non-hydrogen) atoms. The van der Waals surface area contributed by atoms with Crippen molar-refractivity contribution >= 4 is 29.2 Å². The second-order valence-electron chi connectivity index (χ2n) is 4.25. The summed E-state index contributed by atoms with van der Waals surface area (Å²) in [5.74, 6) is -0.787. The van der Waals surface area contributed by atoms with Crippen molar-refractivity contribution in [1.29, 1.82) is 0 Å². The van der Waals surface area contributed by atoms with Crippen molar-refractivity contribution in [2.24, 2.45) is 0 Å². The fourth-order valence-electron chi connectivity index (χ4n) is 2.15. The van der Waals surface area contributed by atoms with Gasteiger partial charge in [0.05, 0.1) is 10.0 Å². The SMILES string of the molecule is O=C(O)C1CCC(Cc2cccc(Cl)c2Cl)N1. The highest BCUT2D eigenvalue weighted by Gasteiger charge is 2.29. The molecule has 2 unspecified atom stereocenters. The highest BCUT2D eigenvalue weighted by Crippen LogP contribution is 2.28. The molecule has 5 heteroatoms. The van der Waals surface area contributed by atoms with Crippen LogP contribution in [-0.2, 0) is 11.2 Å². The van der Waals surface area contributed by atoms with Gasteiger partial charge in [-0.1, -0.05) is 35.3 Å². The Morgan fingerprint density at radius 2 is 2.18 bits per heavy atom. The number of rotatable bonds is 3. The molecule has 0 aromatic heterocycles. The van der Waals surface area contributed by atoms with Gasteiger partial charge in [-0.2, -0.15) is 0 Å². The summed E-state index contributed by atoms with van der Waals surface area (Å²) in [7, 11) is 0. The number of halogens is 2. The van der Waals surface area contributed by atoms with Gasteiger partial charge in [0.2, 0.25) is 0 Å². The predicted molar refractivity (Wildman–Crippen MR) is 67.7 cm³/mol. The Hall–Kier alpha value is -0.770. The number of carbonyl (C=O) groups is 1. The van der Waals surface area contributed by atoms with Crippen LogP contribution < -0.4 is 5.32 Å². The third kappa shape index (κ3) is 2.92. The van der Waals surface area contributed by atoms with E-state index >= 15 is 0 Å². The molecule has 0 bridgehead atoms. The van der Waals surface area contributed by atoms with Crippen LogP contribution in [0.25, 0.3) is 0 Å². The van der Waals surface area contributed by atoms with E-state index in [1.165, 1.54) is 0 Å². The molecule has 1 fully saturated rings. The highest BCUT2D eigenvalue weighted by molar-refractivity contribution is 6.42. The van der Waals surface area contributed by atoms with Crippen LogP contribution in [0.4, 0.5) is 0 Å². The molecule has 2 rings (SSSR count). The number of aliphatic carboxylic acids is 1. The highest BCUT2D eigenvalue weighted by atomic mass is 35.5. The third-order valence-electron chi connectivity index (χ3n) is 3.04. The molecular formula is C12H13Cl2NO2. The van der Waals surface area contributed by atoms with Crippen LogP contribution in [0, 0.1) is 0 Å². The van der Waals surface area contributed by atoms with Gasteiger partial charge in [-0.3, -0.25) is 4.79 Å². The largest absolute Gasteiger partial charge is 0.480 e. The van der Waals surface area contributed by atoms with E-state index in [0.29, 0.717) is 22.9 Å². The summed E-state index contributed by atoms with van der Waals surface area (Å²) in [4.78, 5) is 10.8. The minimum atomic E-state index is -0.787. The van der Waals surface area contributed by atoms with Gasteiger partial charge in [0.15, 0.2) is 0 Å². The molecule has 1 saturated heterocycles. The molecule has 2 atom stereocenters. The maximum Gasteiger partial charge on any atom is 0.320 e. The Bertz CT molecular complexity index is 437. The lowest BCUT2D eigenvalue weighted by Crippen LogP contribution is -2.36. The quantitative estimate of drug-likeness (QED) is 0.891. The fraction of sp³-hybridized carbons (Fsp3) is 0.417. The first-order valence-electron chi connectivity index (χ1n) is 5.49. The van der Waals surface area contributed by atoms with Crippen LogP contribution in [0.2, 0.25) is 10.0 Å². The molecular weight excluding hydrogens is 261 g/mol. The summed E-state index contributed by atoms with van der Waals surface area (Å²) in [6, 6.07) is 5.25. The van der Waals surface area contributed by atoms with E-state index in [1.807, 2.05) is 12.1 Å². The molecule has 92 valence electrons. The molecule has 1 aliphatic heterocycles. The number of nitrogens with one attached hydrogen (secondary N) is 1. The van der Waals surface area contributed by atoms with Crippen LogP contribution in [0.1, 0.15) is 18.4 Å². The number of carboxylic acid groups (broad SMARTS) is 1. The van der Waals surface area contributed by atoms with Gasteiger partial charge in [-0.25, -0.2) is 0 Å². The van der Waals surface area contributed by atoms with Crippen LogP contribution in [0.3, 0.4) is 0 Å². The molecule has 0 saturated carbocycles. The zero-order valence-corrected chi connectivity index (χ0v) is 10.6. The van der Waals surface area contributed by atoms with E-state index in [1.54, 1.807) is 6.07 Å². The Kier molecular flexibility index (Phi) is 3.92. The Morgan fingerprint density at radius 3 is 2.82 bits per heavy atom. The van der Waals surface area contributed by atoms with Crippen molar-refractivity contribution in [2.45, 2.75) is 31.3 Å². The molecule has 1 aliphatic rings. The molecule has 2 N–H and O–H groups in total. The maximum absolute atomic E-state index is 10.8. The zero-order valence-electron chi connectivity index (χ0n) is 9.12. The summed E-state index contributed by atoms with van der Waals surface area (Å²) in [5, 5.41) is 13.1. The maximum atomic E-state index is 10.8. The average molecular weight is 274 g/mol. The monoisotopic (exact) mass is 273 g/mol. The topological polar surface area (TPSA) is 49.3 Å². The molecule has 0 spiro atoms. The first-order valence-corrected chi connectivity index (χ1v) is 6.25. The molecule has 0 radical (unpaired) electrons. The van der Waals surface area contributed by atoms with Crippen molar-refractivity contribution in [3.05, 3.63) is 33.8 Å². The number of carboxylic acids is 1. The van der Waals surface area contributed by atoms with E-state index in [4.69, 9.17) is 28.3 Å². The summed E-state index contributed by atoms with van der Waals surface area (Å²) < 4.78 is 0. The van der Waals surface area contributed by atoms with Crippen LogP contribution in [-0.4, -0.2) is 23.2 Å². The Labute approximate surface area is 110 Å². The zero-order chi connectivity index (χ0) is 12.4. The summed E-state index contributed by atoms with van der Waals surface area (Å²) in [5.41, 5.74) is 0.961. The van der Waals surface area contributed by atoms with Crippen molar-refractivity contribution < 1.29 is 9.90 Å². The second kappa shape index (κ2) is 5.25. The lowest BCUT2D eigenvalue weighted by molar-refractivity contribution is -0.139. The number of benzene rings is 1. The smallest absolute Gasteiger partial charge is 0.320 e. The predicted octanol–water partition coefficient (Wildman–Crippen LogP) is 2.74. The van der Waals surface area contributed by atoms with E-state index in [0.717, 1.165) is 12.0 Å². The number of hydrogen-bond acceptors (Lipinski definition) is 2. The van der Waals surface area contributed by atoms with E-state index in [2.05, 4.69) is 5.32 Å². The third-order valence-corrected chi connectivity index (χ3v) is 3.89. The summed E-state index contributed by atoms with van der Waals surface area (Å²) >= 11 is 12.0. The minimum absolute atomic E-state index is 0.159. The van der Waals surface area contributed by atoms with Crippen LogP contribution in [0.15, 0.2) is 18.2 Å². The first-order chi connectivity index (χ1) is 8.08. The van der Waals surface area contributed by atoms with Gasteiger partial charge < -0.3 is 10.4 Å². The normalized spacial score (nSPS) is 23.9. The lowest BCUT2D eigenvalue weighted by atomic mass is 10.0. The van der Waals surface area contributed by atoms with Gasteiger partial charge >= 0.3 is 5.97 Å². The van der Waals surface area contributed by atoms with Crippen molar-refractivity contribution in [3.8, 4) is 0 Å². The average Bonchev–Trinajstić information content (AvgIpc) is 2.73. The molecule has 1 heterocycles. The summed E-state index contributed by atoms with van der Waals surface area (Å²) in [6.07, 6.45) is 2.22. The van der Waals surface area contributed by atoms with Gasteiger partial charge in [-0.05, 0) is 30.9 Å². The van der Waals surface area contributed by atoms with Crippen LogP contribution >= 0.6 is 23.2 Å². The summed E-state index contributed by atoms with van der Waals surface area (Å²) in [6.45, 7) is 0. The van der Waals surface area contributed by atoms with Crippen molar-refractivity contribution in [2.75, 3.05) is 0 Å². The molecule has 1 aromatic carbocycles. The van der Waals surface area contributed by atoms with Gasteiger partial charge in [0, 0.05) is 6.04 Å². The van der Waals surface area contributed by atoms with Crippen molar-refractivity contribution in [1.82, 2.24) is 5.32 Å². The molecule has 0 amide bonds. The second-order valence-corrected chi connectivity index (χ2v) is 5.03. The lowest BCUT2D eigenvalue weighted by Gasteiger charge is -2.13. The van der Waals surface area contributed by atoms with E-state index in [-0.39, 0.29) is 6.04 Å². The minimum Gasteiger partial charge on any atom is -0.480 e. The number of hydrogen-bond donors (Lipinski definition) is 2.